The van der Waals surface area contributed by atoms with Crippen molar-refractivity contribution in [3.05, 3.63) is 67.1 Å². The maximum atomic E-state index is 5.98. The third kappa shape index (κ3) is 5.50. The topological polar surface area (TPSA) is 18.5 Å². The average molecular weight is 283 g/mol. The van der Waals surface area contributed by atoms with Gasteiger partial charge in [0.1, 0.15) is 11.5 Å². The SMILES string of the molecule is CCC(C[CH]C(C)Oc1ccccc1)Oc1ccccc1. The van der Waals surface area contributed by atoms with Crippen LogP contribution >= 0.6 is 0 Å². The summed E-state index contributed by atoms with van der Waals surface area (Å²) >= 11 is 0. The summed E-state index contributed by atoms with van der Waals surface area (Å²) in [6.45, 7) is 4.20. The fourth-order valence-corrected chi connectivity index (χ4v) is 2.09. The van der Waals surface area contributed by atoms with Crippen LogP contribution in [-0.4, -0.2) is 12.2 Å². The minimum absolute atomic E-state index is 0.0702. The number of ether oxygens (including phenoxy) is 2. The molecule has 0 aliphatic heterocycles. The Labute approximate surface area is 127 Å². The van der Waals surface area contributed by atoms with Crippen LogP contribution in [0, 0.1) is 6.42 Å². The molecule has 111 valence electrons. The van der Waals surface area contributed by atoms with Gasteiger partial charge in [-0.05, 0) is 44.0 Å². The predicted octanol–water partition coefficient (Wildman–Crippen LogP) is 4.91. The van der Waals surface area contributed by atoms with Gasteiger partial charge in [-0.1, -0.05) is 43.3 Å². The van der Waals surface area contributed by atoms with Crippen LogP contribution in [0.5, 0.6) is 11.5 Å². The summed E-state index contributed by atoms with van der Waals surface area (Å²) in [7, 11) is 0. The highest BCUT2D eigenvalue weighted by molar-refractivity contribution is 5.22. The van der Waals surface area contributed by atoms with Gasteiger partial charge in [-0.2, -0.15) is 0 Å². The Morgan fingerprint density at radius 3 is 1.90 bits per heavy atom. The van der Waals surface area contributed by atoms with E-state index in [9.17, 15) is 0 Å². The first-order chi connectivity index (χ1) is 10.3. The molecule has 2 nitrogen and oxygen atoms in total. The Bertz CT molecular complexity index is 495. The summed E-state index contributed by atoms with van der Waals surface area (Å²) in [5, 5.41) is 0. The van der Waals surface area contributed by atoms with Crippen molar-refractivity contribution in [2.45, 2.75) is 38.9 Å². The normalized spacial score (nSPS) is 13.4. The van der Waals surface area contributed by atoms with Crippen LogP contribution < -0.4 is 9.47 Å². The second-order valence-corrected chi connectivity index (χ2v) is 5.07. The summed E-state index contributed by atoms with van der Waals surface area (Å²) in [6, 6.07) is 19.9. The molecule has 2 rings (SSSR count). The largest absolute Gasteiger partial charge is 0.490 e. The van der Waals surface area contributed by atoms with E-state index < -0.39 is 0 Å². The molecular weight excluding hydrogens is 260 g/mol. The molecule has 2 atom stereocenters. The van der Waals surface area contributed by atoms with Crippen molar-refractivity contribution in [1.29, 1.82) is 0 Å². The molecule has 1 radical (unpaired) electrons. The van der Waals surface area contributed by atoms with Crippen molar-refractivity contribution in [3.63, 3.8) is 0 Å². The third-order valence-electron chi connectivity index (χ3n) is 3.30. The van der Waals surface area contributed by atoms with Gasteiger partial charge in [0.05, 0.1) is 12.2 Å². The highest BCUT2D eigenvalue weighted by Crippen LogP contribution is 2.18. The summed E-state index contributed by atoms with van der Waals surface area (Å²) in [5.74, 6) is 1.83. The first-order valence-corrected chi connectivity index (χ1v) is 7.54. The molecule has 0 N–H and O–H groups in total. The minimum Gasteiger partial charge on any atom is -0.490 e. The maximum absolute atomic E-state index is 5.98. The zero-order valence-corrected chi connectivity index (χ0v) is 12.7. The molecule has 0 amide bonds. The smallest absolute Gasteiger partial charge is 0.119 e. The molecule has 0 heterocycles. The van der Waals surface area contributed by atoms with Gasteiger partial charge in [0, 0.05) is 6.42 Å². The lowest BCUT2D eigenvalue weighted by atomic mass is 10.1. The Balaban J connectivity index is 1.77. The summed E-state index contributed by atoms with van der Waals surface area (Å²) < 4.78 is 11.8. The van der Waals surface area contributed by atoms with Crippen molar-refractivity contribution >= 4 is 0 Å². The van der Waals surface area contributed by atoms with Crippen molar-refractivity contribution < 1.29 is 9.47 Å². The Hall–Kier alpha value is -1.96. The van der Waals surface area contributed by atoms with Crippen molar-refractivity contribution in [3.8, 4) is 11.5 Å². The summed E-state index contributed by atoms with van der Waals surface area (Å²) in [4.78, 5) is 0. The van der Waals surface area contributed by atoms with E-state index in [-0.39, 0.29) is 12.2 Å². The van der Waals surface area contributed by atoms with Gasteiger partial charge in [0.15, 0.2) is 0 Å². The van der Waals surface area contributed by atoms with E-state index in [2.05, 4.69) is 20.3 Å². The number of benzene rings is 2. The van der Waals surface area contributed by atoms with Crippen molar-refractivity contribution in [2.75, 3.05) is 0 Å². The van der Waals surface area contributed by atoms with Crippen LogP contribution in [0.2, 0.25) is 0 Å². The van der Waals surface area contributed by atoms with E-state index in [0.717, 1.165) is 24.3 Å². The number of para-hydroxylation sites is 2. The van der Waals surface area contributed by atoms with Crippen molar-refractivity contribution in [2.24, 2.45) is 0 Å². The second kappa shape index (κ2) is 8.35. The van der Waals surface area contributed by atoms with Crippen LogP contribution in [-0.2, 0) is 0 Å². The molecule has 2 heteroatoms. The fraction of sp³-hybridized carbons (Fsp3) is 0.316. The maximum Gasteiger partial charge on any atom is 0.119 e. The average Bonchev–Trinajstić information content (AvgIpc) is 2.53. The van der Waals surface area contributed by atoms with Crippen molar-refractivity contribution in [1.82, 2.24) is 0 Å². The van der Waals surface area contributed by atoms with E-state index in [1.165, 1.54) is 0 Å². The monoisotopic (exact) mass is 283 g/mol. The number of hydrogen-bond acceptors (Lipinski definition) is 2. The van der Waals surface area contributed by atoms with E-state index in [1.54, 1.807) is 0 Å². The molecule has 2 aromatic carbocycles. The van der Waals surface area contributed by atoms with Gasteiger partial charge in [-0.3, -0.25) is 0 Å². The quantitative estimate of drug-likeness (QED) is 0.685. The number of hydrogen-bond donors (Lipinski definition) is 0. The van der Waals surface area contributed by atoms with Gasteiger partial charge >= 0.3 is 0 Å². The first kappa shape index (κ1) is 15.4. The molecule has 0 saturated carbocycles. The Morgan fingerprint density at radius 1 is 0.857 bits per heavy atom. The molecule has 0 bridgehead atoms. The minimum atomic E-state index is 0.0702. The Morgan fingerprint density at radius 2 is 1.38 bits per heavy atom. The second-order valence-electron chi connectivity index (χ2n) is 5.07. The van der Waals surface area contributed by atoms with Gasteiger partial charge in [0.25, 0.3) is 0 Å². The highest BCUT2D eigenvalue weighted by atomic mass is 16.5. The molecule has 2 unspecified atom stereocenters. The van der Waals surface area contributed by atoms with E-state index in [1.807, 2.05) is 60.7 Å². The molecular formula is C19H23O2. The first-order valence-electron chi connectivity index (χ1n) is 7.54. The van der Waals surface area contributed by atoms with Crippen LogP contribution in [0.25, 0.3) is 0 Å². The Kier molecular flexibility index (Phi) is 6.14. The highest BCUT2D eigenvalue weighted by Gasteiger charge is 2.12. The molecule has 0 spiro atoms. The van der Waals surface area contributed by atoms with Gasteiger partial charge in [0.2, 0.25) is 0 Å². The van der Waals surface area contributed by atoms with Crippen LogP contribution in [0.3, 0.4) is 0 Å². The molecule has 0 aromatic heterocycles. The fourth-order valence-electron chi connectivity index (χ4n) is 2.09. The van der Waals surface area contributed by atoms with Gasteiger partial charge in [-0.25, -0.2) is 0 Å². The summed E-state index contributed by atoms with van der Waals surface area (Å²) in [5.41, 5.74) is 0. The van der Waals surface area contributed by atoms with Crippen LogP contribution in [0.15, 0.2) is 60.7 Å². The van der Waals surface area contributed by atoms with E-state index in [4.69, 9.17) is 9.47 Å². The molecule has 0 aliphatic carbocycles. The summed E-state index contributed by atoms with van der Waals surface area (Å²) in [6.07, 6.45) is 4.28. The molecule has 2 aromatic rings. The zero-order chi connectivity index (χ0) is 14.9. The standard InChI is InChI=1S/C19H23O2/c1-3-17(21-19-12-8-5-9-13-19)15-14-16(2)20-18-10-6-4-7-11-18/h4-14,16-17H,3,15H2,1-2H3. The molecule has 0 fully saturated rings. The lowest BCUT2D eigenvalue weighted by Gasteiger charge is -2.20. The third-order valence-corrected chi connectivity index (χ3v) is 3.30. The lowest BCUT2D eigenvalue weighted by molar-refractivity contribution is 0.178. The number of rotatable bonds is 8. The molecule has 0 aliphatic rings. The van der Waals surface area contributed by atoms with Gasteiger partial charge < -0.3 is 9.47 Å². The van der Waals surface area contributed by atoms with Crippen LogP contribution in [0.1, 0.15) is 26.7 Å². The molecule has 0 saturated heterocycles. The predicted molar refractivity (Wildman–Crippen MR) is 86.6 cm³/mol. The van der Waals surface area contributed by atoms with Gasteiger partial charge in [-0.15, -0.1) is 0 Å². The van der Waals surface area contributed by atoms with E-state index >= 15 is 0 Å². The van der Waals surface area contributed by atoms with E-state index in [0.29, 0.717) is 0 Å². The molecule has 21 heavy (non-hydrogen) atoms. The zero-order valence-electron chi connectivity index (χ0n) is 12.7. The lowest BCUT2D eigenvalue weighted by Crippen LogP contribution is -2.20. The van der Waals surface area contributed by atoms with Crippen LogP contribution in [0.4, 0.5) is 0 Å².